The normalized spacial score (nSPS) is 20.2. The lowest BCUT2D eigenvalue weighted by Gasteiger charge is -2.47. The van der Waals surface area contributed by atoms with Gasteiger partial charge in [0.2, 0.25) is 11.8 Å². The summed E-state index contributed by atoms with van der Waals surface area (Å²) in [5.74, 6) is 0.157. The number of nitrogens with one attached hydrogen (secondary N) is 1. The molecule has 0 aliphatic carbocycles. The van der Waals surface area contributed by atoms with Crippen LogP contribution >= 0.6 is 15.9 Å². The maximum absolute atomic E-state index is 13.2. The molecular weight excluding hydrogens is 702 g/mol. The molecule has 8 rings (SSSR count). The second kappa shape index (κ2) is 13.4. The highest BCUT2D eigenvalue weighted by molar-refractivity contribution is 9.10. The Hall–Kier alpha value is -4.88. The molecule has 4 aromatic rings. The number of hydrogen-bond donors (Lipinski definition) is 1. The van der Waals surface area contributed by atoms with Crippen molar-refractivity contribution in [3.05, 3.63) is 88.8 Å². The van der Waals surface area contributed by atoms with Crippen LogP contribution in [0.2, 0.25) is 0 Å². The fraction of sp³-hybridized carbons (Fsp3) is 0.351. The number of pyridine rings is 1. The number of benzene rings is 2. The topological polar surface area (TPSA) is 130 Å². The second-order valence-electron chi connectivity index (χ2n) is 13.4. The fourth-order valence-electron chi connectivity index (χ4n) is 7.50. The van der Waals surface area contributed by atoms with Gasteiger partial charge in [0.05, 0.1) is 21.3 Å². The lowest BCUT2D eigenvalue weighted by molar-refractivity contribution is -0.136. The lowest BCUT2D eigenvalue weighted by atomic mass is 9.79. The first kappa shape index (κ1) is 32.3. The average molecular weight is 739 g/mol. The minimum atomic E-state index is -0.953. The van der Waals surface area contributed by atoms with E-state index in [-0.39, 0.29) is 18.7 Å². The fourth-order valence-corrected chi connectivity index (χ4v) is 8.01. The Labute approximate surface area is 297 Å². The molecule has 256 valence electrons. The monoisotopic (exact) mass is 737 g/mol. The van der Waals surface area contributed by atoms with Crippen LogP contribution in [0, 0.1) is 11.8 Å². The molecule has 0 radical (unpaired) electrons. The van der Waals surface area contributed by atoms with Gasteiger partial charge in [-0.05, 0) is 115 Å². The van der Waals surface area contributed by atoms with Crippen LogP contribution in [0.1, 0.15) is 46.4 Å². The molecule has 0 bridgehead atoms. The maximum Gasteiger partial charge on any atom is 0.262 e. The minimum absolute atomic E-state index is 0.105. The standard InChI is InChI=1S/C37H36BrN7O5/c38-31-22-44(41-34(31)24-9-13-39-14-10-24)26-1-4-28(5-2-26)50-18-17-42-15-11-23(12-16-42)25-20-43(21-25)27-3-6-29-30(19-27)37(49)45(36(29)48)32-7-8-33(46)40-35(32)47/h1-6,9-10,13-14,19,22-23,25,32H,7-8,11-12,15-18,20-21H2,(H,40,46,47). The summed E-state index contributed by atoms with van der Waals surface area (Å²) in [4.78, 5) is 60.0. The van der Waals surface area contributed by atoms with E-state index in [4.69, 9.17) is 9.84 Å². The molecule has 0 spiro atoms. The molecule has 1 unspecified atom stereocenters. The number of anilines is 1. The van der Waals surface area contributed by atoms with Crippen molar-refractivity contribution in [3.63, 3.8) is 0 Å². The Morgan fingerprint density at radius 3 is 2.30 bits per heavy atom. The molecule has 2 aromatic carbocycles. The van der Waals surface area contributed by atoms with Crippen molar-refractivity contribution in [2.45, 2.75) is 31.7 Å². The summed E-state index contributed by atoms with van der Waals surface area (Å²) in [6, 6.07) is 16.3. The van der Waals surface area contributed by atoms with Crippen LogP contribution in [-0.4, -0.2) is 93.6 Å². The Kier molecular flexibility index (Phi) is 8.69. The van der Waals surface area contributed by atoms with Crippen LogP contribution in [0.25, 0.3) is 16.9 Å². The van der Waals surface area contributed by atoms with E-state index in [9.17, 15) is 19.2 Å². The van der Waals surface area contributed by atoms with E-state index in [1.807, 2.05) is 53.3 Å². The Morgan fingerprint density at radius 2 is 1.56 bits per heavy atom. The number of piperidine rings is 2. The number of rotatable bonds is 9. The number of carbonyl (C=O) groups excluding carboxylic acids is 4. The van der Waals surface area contributed by atoms with Crippen molar-refractivity contribution < 1.29 is 23.9 Å². The van der Waals surface area contributed by atoms with Gasteiger partial charge in [-0.2, -0.15) is 5.10 Å². The van der Waals surface area contributed by atoms with Gasteiger partial charge in [-0.3, -0.25) is 39.3 Å². The molecule has 4 aliphatic rings. The highest BCUT2D eigenvalue weighted by Crippen LogP contribution is 2.37. The molecular formula is C37H36BrN7O5. The number of amides is 4. The molecule has 0 saturated carbocycles. The van der Waals surface area contributed by atoms with Crippen LogP contribution < -0.4 is 15.0 Å². The predicted molar refractivity (Wildman–Crippen MR) is 188 cm³/mol. The highest BCUT2D eigenvalue weighted by Gasteiger charge is 2.45. The number of aromatic nitrogens is 3. The predicted octanol–water partition coefficient (Wildman–Crippen LogP) is 4.33. The molecule has 1 N–H and O–H groups in total. The zero-order valence-corrected chi connectivity index (χ0v) is 28.9. The van der Waals surface area contributed by atoms with Gasteiger partial charge in [0.25, 0.3) is 11.8 Å². The smallest absolute Gasteiger partial charge is 0.262 e. The number of carbonyl (C=O) groups is 4. The van der Waals surface area contributed by atoms with Crippen molar-refractivity contribution in [1.29, 1.82) is 0 Å². The summed E-state index contributed by atoms with van der Waals surface area (Å²) in [6.07, 6.45) is 8.02. The first-order valence-corrected chi connectivity index (χ1v) is 17.8. The third kappa shape index (κ3) is 6.20. The SMILES string of the molecule is O=C1CCC(N2C(=O)c3ccc(N4CC(C5CCN(CCOc6ccc(-n7cc(Br)c(-c8ccncc8)n7)cc6)CC5)C4)cc3C2=O)C(=O)N1. The summed E-state index contributed by atoms with van der Waals surface area (Å²) in [7, 11) is 0. The van der Waals surface area contributed by atoms with Crippen molar-refractivity contribution >= 4 is 45.2 Å². The van der Waals surface area contributed by atoms with E-state index in [2.05, 4.69) is 36.0 Å². The molecule has 3 saturated heterocycles. The van der Waals surface area contributed by atoms with Crippen LogP contribution in [0.4, 0.5) is 5.69 Å². The third-order valence-electron chi connectivity index (χ3n) is 10.4. The summed E-state index contributed by atoms with van der Waals surface area (Å²) >= 11 is 3.62. The van der Waals surface area contributed by atoms with Crippen molar-refractivity contribution in [3.8, 4) is 22.7 Å². The number of imide groups is 2. The summed E-state index contributed by atoms with van der Waals surface area (Å²) in [5, 5.41) is 6.98. The minimum Gasteiger partial charge on any atom is -0.492 e. The van der Waals surface area contributed by atoms with Crippen molar-refractivity contribution in [2.75, 3.05) is 44.2 Å². The summed E-state index contributed by atoms with van der Waals surface area (Å²) < 4.78 is 8.85. The van der Waals surface area contributed by atoms with E-state index in [1.165, 1.54) is 0 Å². The number of nitrogens with zero attached hydrogens (tertiary/aromatic N) is 6. The molecule has 50 heavy (non-hydrogen) atoms. The molecule has 4 amide bonds. The number of hydrogen-bond acceptors (Lipinski definition) is 9. The van der Waals surface area contributed by atoms with Gasteiger partial charge in [0, 0.05) is 55.9 Å². The lowest BCUT2D eigenvalue weighted by Crippen LogP contribution is -2.54. The Bertz CT molecular complexity index is 1950. The Morgan fingerprint density at radius 1 is 0.840 bits per heavy atom. The highest BCUT2D eigenvalue weighted by atomic mass is 79.9. The number of halogens is 1. The molecule has 1 atom stereocenters. The molecule has 2 aromatic heterocycles. The largest absolute Gasteiger partial charge is 0.492 e. The van der Waals surface area contributed by atoms with E-state index in [0.717, 1.165) is 83.3 Å². The van der Waals surface area contributed by atoms with E-state index in [1.54, 1.807) is 24.5 Å². The Balaban J connectivity index is 0.781. The van der Waals surface area contributed by atoms with Crippen LogP contribution in [0.5, 0.6) is 5.75 Å². The number of fused-ring (bicyclic) bond motifs is 1. The van der Waals surface area contributed by atoms with Gasteiger partial charge >= 0.3 is 0 Å². The quantitative estimate of drug-likeness (QED) is 0.250. The second-order valence-corrected chi connectivity index (χ2v) is 14.2. The van der Waals surface area contributed by atoms with E-state index in [0.29, 0.717) is 29.6 Å². The molecule has 4 aliphatic heterocycles. The molecule has 13 heteroatoms. The summed E-state index contributed by atoms with van der Waals surface area (Å²) in [6.45, 7) is 5.43. The maximum atomic E-state index is 13.2. The van der Waals surface area contributed by atoms with Crippen LogP contribution in [0.3, 0.4) is 0 Å². The first-order chi connectivity index (χ1) is 24.3. The number of ether oxygens (including phenoxy) is 1. The summed E-state index contributed by atoms with van der Waals surface area (Å²) in [5.41, 5.74) is 4.37. The van der Waals surface area contributed by atoms with Gasteiger partial charge in [0.1, 0.15) is 24.1 Å². The van der Waals surface area contributed by atoms with Crippen LogP contribution in [0.15, 0.2) is 77.7 Å². The zero-order chi connectivity index (χ0) is 34.4. The van der Waals surface area contributed by atoms with Gasteiger partial charge in [-0.15, -0.1) is 0 Å². The first-order valence-electron chi connectivity index (χ1n) is 17.0. The van der Waals surface area contributed by atoms with Crippen molar-refractivity contribution in [2.24, 2.45) is 11.8 Å². The number of likely N-dealkylation sites (tertiary alicyclic amines) is 1. The average Bonchev–Trinajstić information content (AvgIpc) is 3.61. The van der Waals surface area contributed by atoms with Gasteiger partial charge in [-0.1, -0.05) is 0 Å². The van der Waals surface area contributed by atoms with Crippen molar-refractivity contribution in [1.82, 2.24) is 29.9 Å². The zero-order valence-electron chi connectivity index (χ0n) is 27.3. The van der Waals surface area contributed by atoms with E-state index < -0.39 is 23.8 Å². The van der Waals surface area contributed by atoms with Gasteiger partial charge in [-0.25, -0.2) is 4.68 Å². The van der Waals surface area contributed by atoms with Gasteiger partial charge in [0.15, 0.2) is 0 Å². The third-order valence-corrected chi connectivity index (χ3v) is 11.0. The van der Waals surface area contributed by atoms with Crippen LogP contribution in [-0.2, 0) is 9.59 Å². The molecule has 6 heterocycles. The molecule has 3 fully saturated rings. The van der Waals surface area contributed by atoms with E-state index >= 15 is 0 Å². The van der Waals surface area contributed by atoms with Gasteiger partial charge < -0.3 is 9.64 Å². The molecule has 12 nitrogen and oxygen atoms in total.